The Morgan fingerprint density at radius 3 is 2.68 bits per heavy atom. The van der Waals surface area contributed by atoms with Crippen LogP contribution in [0.1, 0.15) is 22.0 Å². The van der Waals surface area contributed by atoms with E-state index in [1.54, 1.807) is 42.1 Å². The first-order chi connectivity index (χ1) is 15.0. The van der Waals surface area contributed by atoms with E-state index in [0.29, 0.717) is 22.7 Å². The van der Waals surface area contributed by atoms with E-state index in [-0.39, 0.29) is 17.1 Å². The minimum absolute atomic E-state index is 0.0562. The van der Waals surface area contributed by atoms with Gasteiger partial charge in [-0.25, -0.2) is 9.48 Å². The average Bonchev–Trinajstić information content (AvgIpc) is 3.22. The Balaban J connectivity index is 1.73. The van der Waals surface area contributed by atoms with E-state index in [0.717, 1.165) is 0 Å². The molecule has 0 saturated heterocycles. The number of allylic oxidation sites excluding steroid dienone is 1. The Kier molecular flexibility index (Phi) is 5.31. The molecule has 1 aliphatic heterocycles. The van der Waals surface area contributed by atoms with E-state index in [1.807, 2.05) is 18.2 Å². The number of hydrogen-bond acceptors (Lipinski definition) is 6. The lowest BCUT2D eigenvalue weighted by atomic mass is 10.0. The molecule has 3 N–H and O–H groups in total. The fourth-order valence-corrected chi connectivity index (χ4v) is 3.42. The number of aliphatic carboxylic acids is 1. The number of nitrogens with zero attached hydrogens (tertiary/aromatic N) is 2. The number of ether oxygens (including phenoxy) is 2. The second-order valence-corrected chi connectivity index (χ2v) is 6.73. The zero-order valence-corrected chi connectivity index (χ0v) is 16.8. The Morgan fingerprint density at radius 1 is 1.13 bits per heavy atom. The van der Waals surface area contributed by atoms with Crippen molar-refractivity contribution in [3.05, 3.63) is 77.6 Å². The van der Waals surface area contributed by atoms with Crippen LogP contribution in [0, 0.1) is 0 Å². The van der Waals surface area contributed by atoms with Gasteiger partial charge in [-0.3, -0.25) is 4.79 Å². The Labute approximate surface area is 177 Å². The summed E-state index contributed by atoms with van der Waals surface area (Å²) < 4.78 is 12.2. The van der Waals surface area contributed by atoms with Crippen molar-refractivity contribution in [2.45, 2.75) is 6.04 Å². The van der Waals surface area contributed by atoms with Crippen LogP contribution in [0.4, 0.5) is 11.5 Å². The van der Waals surface area contributed by atoms with Gasteiger partial charge >= 0.3 is 5.97 Å². The first-order valence-electron chi connectivity index (χ1n) is 9.39. The highest BCUT2D eigenvalue weighted by atomic mass is 16.5. The number of hydrogen-bond donors (Lipinski definition) is 3. The maximum absolute atomic E-state index is 13.0. The van der Waals surface area contributed by atoms with Crippen molar-refractivity contribution in [3.63, 3.8) is 0 Å². The highest BCUT2D eigenvalue weighted by molar-refractivity contribution is 6.08. The van der Waals surface area contributed by atoms with E-state index in [2.05, 4.69) is 15.7 Å². The molecule has 1 atom stereocenters. The third-order valence-corrected chi connectivity index (χ3v) is 4.90. The van der Waals surface area contributed by atoms with Gasteiger partial charge in [0.05, 0.1) is 20.4 Å². The topological polar surface area (TPSA) is 115 Å². The van der Waals surface area contributed by atoms with E-state index in [9.17, 15) is 14.7 Å². The van der Waals surface area contributed by atoms with Crippen molar-refractivity contribution in [2.75, 3.05) is 24.9 Å². The summed E-state index contributed by atoms with van der Waals surface area (Å²) in [7, 11) is 3.08. The molecule has 31 heavy (non-hydrogen) atoms. The number of methoxy groups -OCH3 is 2. The Morgan fingerprint density at radius 2 is 1.94 bits per heavy atom. The number of carbonyl (C=O) groups is 2. The molecule has 9 nitrogen and oxygen atoms in total. The first-order valence-corrected chi connectivity index (χ1v) is 9.39. The zero-order chi connectivity index (χ0) is 22.0. The van der Waals surface area contributed by atoms with Gasteiger partial charge in [-0.05, 0) is 24.3 Å². The van der Waals surface area contributed by atoms with Gasteiger partial charge in [-0.1, -0.05) is 24.3 Å². The predicted molar refractivity (Wildman–Crippen MR) is 114 cm³/mol. The molecule has 0 spiro atoms. The first kappa shape index (κ1) is 20.0. The van der Waals surface area contributed by atoms with Crippen molar-refractivity contribution >= 4 is 23.4 Å². The summed E-state index contributed by atoms with van der Waals surface area (Å²) in [6, 6.07) is 13.6. The van der Waals surface area contributed by atoms with Crippen LogP contribution in [0.3, 0.4) is 0 Å². The van der Waals surface area contributed by atoms with E-state index >= 15 is 0 Å². The molecule has 0 bridgehead atoms. The van der Waals surface area contributed by atoms with Crippen LogP contribution in [0.2, 0.25) is 0 Å². The number of aromatic nitrogens is 2. The maximum Gasteiger partial charge on any atom is 0.352 e. The van der Waals surface area contributed by atoms with Crippen molar-refractivity contribution in [3.8, 4) is 11.5 Å². The number of para-hydroxylation sites is 1. The standard InChI is InChI=1S/C22H20N4O5/c1-30-14-7-5-6-13(10-14)24-21(27)16-12-23-26-18(11-17(22(28)29)25-20(16)26)15-8-3-4-9-19(15)31-2/h3-12,18,25H,1-2H3,(H,24,27)(H,28,29)/t18-/m1/s1. The largest absolute Gasteiger partial charge is 0.497 e. The molecule has 0 saturated carbocycles. The third-order valence-electron chi connectivity index (χ3n) is 4.90. The van der Waals surface area contributed by atoms with E-state index in [4.69, 9.17) is 9.47 Å². The molecular weight excluding hydrogens is 400 g/mol. The second-order valence-electron chi connectivity index (χ2n) is 6.73. The highest BCUT2D eigenvalue weighted by Crippen LogP contribution is 2.36. The molecule has 3 aromatic rings. The molecule has 2 heterocycles. The summed E-state index contributed by atoms with van der Waals surface area (Å²) in [5.41, 5.74) is 1.40. The predicted octanol–water partition coefficient (Wildman–Crippen LogP) is 3.14. The summed E-state index contributed by atoms with van der Waals surface area (Å²) >= 11 is 0. The summed E-state index contributed by atoms with van der Waals surface area (Å²) in [4.78, 5) is 24.7. The van der Waals surface area contributed by atoms with Crippen LogP contribution in [0.5, 0.6) is 11.5 Å². The van der Waals surface area contributed by atoms with Gasteiger partial charge in [-0.2, -0.15) is 5.10 Å². The zero-order valence-electron chi connectivity index (χ0n) is 16.8. The summed E-state index contributed by atoms with van der Waals surface area (Å²) in [6.45, 7) is 0. The summed E-state index contributed by atoms with van der Waals surface area (Å²) in [6.07, 6.45) is 2.93. The quantitative estimate of drug-likeness (QED) is 0.561. The number of benzene rings is 2. The number of carbonyl (C=O) groups excluding carboxylic acids is 1. The van der Waals surface area contributed by atoms with Crippen molar-refractivity contribution < 1.29 is 24.2 Å². The van der Waals surface area contributed by atoms with Crippen LogP contribution in [-0.2, 0) is 4.79 Å². The van der Waals surface area contributed by atoms with Crippen LogP contribution in [-0.4, -0.2) is 41.0 Å². The van der Waals surface area contributed by atoms with Gasteiger partial charge in [0.25, 0.3) is 5.91 Å². The van der Waals surface area contributed by atoms with Gasteiger partial charge in [0.2, 0.25) is 0 Å². The molecule has 0 radical (unpaired) electrons. The monoisotopic (exact) mass is 420 g/mol. The van der Waals surface area contributed by atoms with Crippen LogP contribution >= 0.6 is 0 Å². The number of carboxylic acid groups (broad SMARTS) is 1. The lowest BCUT2D eigenvalue weighted by Gasteiger charge is -2.25. The average molecular weight is 420 g/mol. The van der Waals surface area contributed by atoms with Gasteiger partial charge in [0.15, 0.2) is 0 Å². The minimum atomic E-state index is -1.15. The lowest BCUT2D eigenvalue weighted by molar-refractivity contribution is -0.132. The molecule has 1 amide bonds. The van der Waals surface area contributed by atoms with Crippen molar-refractivity contribution in [1.29, 1.82) is 0 Å². The normalized spacial score (nSPS) is 14.6. The third kappa shape index (κ3) is 3.80. The number of rotatable bonds is 6. The minimum Gasteiger partial charge on any atom is -0.497 e. The van der Waals surface area contributed by atoms with Gasteiger partial charge in [0, 0.05) is 17.3 Å². The van der Waals surface area contributed by atoms with E-state index < -0.39 is 17.9 Å². The number of anilines is 2. The number of carboxylic acids is 1. The van der Waals surface area contributed by atoms with Crippen LogP contribution in [0.25, 0.3) is 0 Å². The van der Waals surface area contributed by atoms with Crippen LogP contribution in [0.15, 0.2) is 66.5 Å². The highest BCUT2D eigenvalue weighted by Gasteiger charge is 2.30. The maximum atomic E-state index is 13.0. The Hall–Kier alpha value is -4.27. The molecule has 1 aliphatic rings. The molecule has 1 aromatic heterocycles. The fourth-order valence-electron chi connectivity index (χ4n) is 3.42. The number of nitrogens with one attached hydrogen (secondary N) is 2. The van der Waals surface area contributed by atoms with Gasteiger partial charge in [0.1, 0.15) is 34.6 Å². The van der Waals surface area contributed by atoms with Crippen molar-refractivity contribution in [1.82, 2.24) is 9.78 Å². The molecule has 0 unspecified atom stereocenters. The molecule has 158 valence electrons. The number of amides is 1. The van der Waals surface area contributed by atoms with Crippen LogP contribution < -0.4 is 20.1 Å². The molecule has 0 fully saturated rings. The summed E-state index contributed by atoms with van der Waals surface area (Å²) in [5, 5.41) is 19.6. The Bertz CT molecular complexity index is 1180. The molecule has 0 aliphatic carbocycles. The van der Waals surface area contributed by atoms with Gasteiger partial charge < -0.3 is 25.2 Å². The molecule has 9 heteroatoms. The van der Waals surface area contributed by atoms with E-state index in [1.165, 1.54) is 19.4 Å². The molecular formula is C22H20N4O5. The second kappa shape index (κ2) is 8.23. The number of fused-ring (bicyclic) bond motifs is 1. The summed E-state index contributed by atoms with van der Waals surface area (Å²) in [5.74, 6) is -0.130. The molecule has 4 rings (SSSR count). The fraction of sp³-hybridized carbons (Fsp3) is 0.136. The SMILES string of the molecule is COc1cccc(NC(=O)c2cnn3c2NC(C(=O)O)=C[C@@H]3c2ccccc2OC)c1. The van der Waals surface area contributed by atoms with Gasteiger partial charge in [-0.15, -0.1) is 0 Å². The molecule has 2 aromatic carbocycles. The lowest BCUT2D eigenvalue weighted by Crippen LogP contribution is -2.26. The smallest absolute Gasteiger partial charge is 0.352 e. The van der Waals surface area contributed by atoms with Crippen molar-refractivity contribution in [2.24, 2.45) is 0 Å².